The second kappa shape index (κ2) is 5.23. The first kappa shape index (κ1) is 13.1. The fraction of sp³-hybridized carbons (Fsp3) is 0.533. The summed E-state index contributed by atoms with van der Waals surface area (Å²) in [6, 6.07) is 5.53. The molecule has 0 saturated heterocycles. The van der Waals surface area contributed by atoms with E-state index in [4.69, 9.17) is 0 Å². The van der Waals surface area contributed by atoms with Gasteiger partial charge in [-0.1, -0.05) is 6.07 Å². The molecule has 0 aromatic carbocycles. The van der Waals surface area contributed by atoms with Crippen molar-refractivity contribution in [2.75, 3.05) is 0 Å². The molecule has 1 heterocycles. The Morgan fingerprint density at radius 1 is 1.25 bits per heavy atom. The van der Waals surface area contributed by atoms with Crippen LogP contribution in [0.15, 0.2) is 24.4 Å². The van der Waals surface area contributed by atoms with Gasteiger partial charge >= 0.3 is 5.97 Å². The summed E-state index contributed by atoms with van der Waals surface area (Å²) < 4.78 is 0. The Morgan fingerprint density at radius 3 is 2.65 bits per heavy atom. The first-order valence-corrected chi connectivity index (χ1v) is 7.07. The molecule has 0 unspecified atom stereocenters. The maximum Gasteiger partial charge on any atom is 0.307 e. The van der Waals surface area contributed by atoms with Gasteiger partial charge in [0.15, 0.2) is 0 Å². The number of pyridine rings is 1. The third-order valence-corrected chi connectivity index (χ3v) is 4.67. The van der Waals surface area contributed by atoms with E-state index in [2.05, 4.69) is 10.3 Å². The highest BCUT2D eigenvalue weighted by molar-refractivity contribution is 5.86. The van der Waals surface area contributed by atoms with Gasteiger partial charge in [0.05, 0.1) is 24.1 Å². The fourth-order valence-corrected chi connectivity index (χ4v) is 3.82. The van der Waals surface area contributed by atoms with Crippen LogP contribution in [0.5, 0.6) is 0 Å². The number of carbonyl (C=O) groups excluding carboxylic acids is 1. The van der Waals surface area contributed by atoms with Crippen molar-refractivity contribution in [3.8, 4) is 0 Å². The molecule has 106 valence electrons. The van der Waals surface area contributed by atoms with Crippen molar-refractivity contribution >= 4 is 11.9 Å². The lowest BCUT2D eigenvalue weighted by Gasteiger charge is -2.26. The van der Waals surface area contributed by atoms with Gasteiger partial charge in [0, 0.05) is 6.20 Å². The van der Waals surface area contributed by atoms with Crippen LogP contribution in [-0.4, -0.2) is 22.0 Å². The van der Waals surface area contributed by atoms with Crippen molar-refractivity contribution < 1.29 is 14.7 Å². The van der Waals surface area contributed by atoms with Gasteiger partial charge in [-0.25, -0.2) is 0 Å². The Bertz CT molecular complexity index is 517. The van der Waals surface area contributed by atoms with E-state index >= 15 is 0 Å². The SMILES string of the molecule is O=C(O)[C@@H]1[C@@H]2CC[C@@H](C2)[C@@H]1C(=O)NCc1ccccn1. The lowest BCUT2D eigenvalue weighted by atomic mass is 9.78. The van der Waals surface area contributed by atoms with Gasteiger partial charge in [-0.05, 0) is 43.2 Å². The molecule has 2 aliphatic rings. The van der Waals surface area contributed by atoms with Gasteiger partial charge in [0.2, 0.25) is 5.91 Å². The number of fused-ring (bicyclic) bond motifs is 2. The molecule has 5 heteroatoms. The van der Waals surface area contributed by atoms with Crippen LogP contribution in [0.2, 0.25) is 0 Å². The number of rotatable bonds is 4. The van der Waals surface area contributed by atoms with E-state index in [9.17, 15) is 14.7 Å². The van der Waals surface area contributed by atoms with Crippen molar-refractivity contribution in [2.24, 2.45) is 23.7 Å². The molecule has 2 fully saturated rings. The number of carboxylic acids is 1. The van der Waals surface area contributed by atoms with Gasteiger partial charge in [-0.2, -0.15) is 0 Å². The van der Waals surface area contributed by atoms with Crippen molar-refractivity contribution in [2.45, 2.75) is 25.8 Å². The zero-order chi connectivity index (χ0) is 14.1. The highest BCUT2D eigenvalue weighted by Crippen LogP contribution is 2.52. The minimum Gasteiger partial charge on any atom is -0.481 e. The molecule has 0 aliphatic heterocycles. The van der Waals surface area contributed by atoms with Crippen LogP contribution >= 0.6 is 0 Å². The topological polar surface area (TPSA) is 79.3 Å². The van der Waals surface area contributed by atoms with Crippen molar-refractivity contribution in [3.63, 3.8) is 0 Å². The summed E-state index contributed by atoms with van der Waals surface area (Å²) in [5.74, 6) is -1.40. The Labute approximate surface area is 117 Å². The van der Waals surface area contributed by atoms with Crippen LogP contribution in [0.25, 0.3) is 0 Å². The van der Waals surface area contributed by atoms with Gasteiger partial charge in [0.1, 0.15) is 0 Å². The molecule has 5 nitrogen and oxygen atoms in total. The molecule has 3 rings (SSSR count). The van der Waals surface area contributed by atoms with Gasteiger partial charge < -0.3 is 10.4 Å². The van der Waals surface area contributed by atoms with Crippen LogP contribution in [0.1, 0.15) is 25.0 Å². The van der Waals surface area contributed by atoms with E-state index < -0.39 is 11.9 Å². The lowest BCUT2D eigenvalue weighted by molar-refractivity contribution is -0.149. The van der Waals surface area contributed by atoms with Crippen LogP contribution in [0, 0.1) is 23.7 Å². The van der Waals surface area contributed by atoms with E-state index in [0.717, 1.165) is 25.0 Å². The summed E-state index contributed by atoms with van der Waals surface area (Å²) in [7, 11) is 0. The third kappa shape index (κ3) is 2.28. The molecule has 2 saturated carbocycles. The number of carbonyl (C=O) groups is 2. The predicted octanol–water partition coefficient (Wildman–Crippen LogP) is 1.44. The molecule has 0 radical (unpaired) electrons. The zero-order valence-corrected chi connectivity index (χ0v) is 11.2. The number of nitrogens with zero attached hydrogens (tertiary/aromatic N) is 1. The standard InChI is InChI=1S/C15H18N2O3/c18-14(17-8-11-3-1-2-6-16-11)12-9-4-5-10(7-9)13(12)15(19)20/h1-3,6,9-10,12-13H,4-5,7-8H2,(H,17,18)(H,19,20)/t9-,10+,12-,13+/m0/s1. The number of amides is 1. The summed E-state index contributed by atoms with van der Waals surface area (Å²) in [4.78, 5) is 27.9. The van der Waals surface area contributed by atoms with E-state index in [0.29, 0.717) is 6.54 Å². The predicted molar refractivity (Wildman–Crippen MR) is 71.5 cm³/mol. The summed E-state index contributed by atoms with van der Waals surface area (Å²) in [6.07, 6.45) is 4.50. The van der Waals surface area contributed by atoms with Crippen LogP contribution in [0.4, 0.5) is 0 Å². The summed E-state index contributed by atoms with van der Waals surface area (Å²) >= 11 is 0. The van der Waals surface area contributed by atoms with Gasteiger partial charge in [0.25, 0.3) is 0 Å². The third-order valence-electron chi connectivity index (χ3n) is 4.67. The van der Waals surface area contributed by atoms with Crippen LogP contribution < -0.4 is 5.32 Å². The van der Waals surface area contributed by atoms with Crippen LogP contribution in [-0.2, 0) is 16.1 Å². The Morgan fingerprint density at radius 2 is 2.00 bits per heavy atom. The van der Waals surface area contributed by atoms with Crippen molar-refractivity contribution in [3.05, 3.63) is 30.1 Å². The molecule has 2 aliphatic carbocycles. The summed E-state index contributed by atoms with van der Waals surface area (Å²) in [5, 5.41) is 12.2. The van der Waals surface area contributed by atoms with E-state index in [1.807, 2.05) is 18.2 Å². The Balaban J connectivity index is 1.66. The fourth-order valence-electron chi connectivity index (χ4n) is 3.82. The highest BCUT2D eigenvalue weighted by atomic mass is 16.4. The van der Waals surface area contributed by atoms with Gasteiger partial charge in [-0.3, -0.25) is 14.6 Å². The number of aromatic nitrogens is 1. The second-order valence-electron chi connectivity index (χ2n) is 5.76. The maximum atomic E-state index is 12.3. The van der Waals surface area contributed by atoms with Crippen molar-refractivity contribution in [1.29, 1.82) is 0 Å². The molecule has 1 amide bonds. The largest absolute Gasteiger partial charge is 0.481 e. The zero-order valence-electron chi connectivity index (χ0n) is 11.2. The number of nitrogens with one attached hydrogen (secondary N) is 1. The van der Waals surface area contributed by atoms with E-state index in [1.54, 1.807) is 6.20 Å². The highest BCUT2D eigenvalue weighted by Gasteiger charge is 2.53. The molecule has 1 aromatic heterocycles. The molecule has 1 aromatic rings. The molecular formula is C15H18N2O3. The first-order chi connectivity index (χ1) is 9.66. The normalized spacial score (nSPS) is 31.2. The quantitative estimate of drug-likeness (QED) is 0.871. The van der Waals surface area contributed by atoms with Crippen molar-refractivity contribution in [1.82, 2.24) is 10.3 Å². The monoisotopic (exact) mass is 274 g/mol. The Hall–Kier alpha value is -1.91. The lowest BCUT2D eigenvalue weighted by Crippen LogP contribution is -2.41. The van der Waals surface area contributed by atoms with Gasteiger partial charge in [-0.15, -0.1) is 0 Å². The first-order valence-electron chi connectivity index (χ1n) is 7.07. The molecule has 2 N–H and O–H groups in total. The number of hydrogen-bond donors (Lipinski definition) is 2. The minimum absolute atomic E-state index is 0.129. The average Bonchev–Trinajstić information content (AvgIpc) is 3.06. The van der Waals surface area contributed by atoms with E-state index in [1.165, 1.54) is 0 Å². The maximum absolute atomic E-state index is 12.3. The summed E-state index contributed by atoms with van der Waals surface area (Å²) in [5.41, 5.74) is 0.788. The van der Waals surface area contributed by atoms with E-state index in [-0.39, 0.29) is 23.7 Å². The average molecular weight is 274 g/mol. The molecular weight excluding hydrogens is 256 g/mol. The molecule has 2 bridgehead atoms. The molecule has 4 atom stereocenters. The molecule has 0 spiro atoms. The number of hydrogen-bond acceptors (Lipinski definition) is 3. The second-order valence-corrected chi connectivity index (χ2v) is 5.76. The number of carboxylic acid groups (broad SMARTS) is 1. The Kier molecular flexibility index (Phi) is 3.42. The number of aliphatic carboxylic acids is 1. The molecule has 20 heavy (non-hydrogen) atoms. The smallest absolute Gasteiger partial charge is 0.307 e. The minimum atomic E-state index is -0.824. The summed E-state index contributed by atoms with van der Waals surface area (Å²) in [6.45, 7) is 0.361. The van der Waals surface area contributed by atoms with Crippen LogP contribution in [0.3, 0.4) is 0 Å².